The Morgan fingerprint density at radius 3 is 3.00 bits per heavy atom. The fourth-order valence-corrected chi connectivity index (χ4v) is 2.40. The van der Waals surface area contributed by atoms with E-state index in [2.05, 4.69) is 9.97 Å². The lowest BCUT2D eigenvalue weighted by Gasteiger charge is -2.05. The standard InChI is InChI=1S/C17H14N2O3/c1-11-14(19-17(22-11)16-6-3-9-20-16)10-21-15-5-2-4-13-12(15)7-8-18-13/h2-9,18H,10H2,1H3. The minimum absolute atomic E-state index is 0.348. The summed E-state index contributed by atoms with van der Waals surface area (Å²) >= 11 is 0. The maximum Gasteiger partial charge on any atom is 0.263 e. The van der Waals surface area contributed by atoms with Crippen molar-refractivity contribution < 1.29 is 13.6 Å². The number of aryl methyl sites for hydroxylation is 1. The van der Waals surface area contributed by atoms with Gasteiger partial charge in [-0.15, -0.1) is 0 Å². The van der Waals surface area contributed by atoms with Crippen LogP contribution in [0.4, 0.5) is 0 Å². The number of aromatic amines is 1. The summed E-state index contributed by atoms with van der Waals surface area (Å²) in [5, 5.41) is 1.05. The van der Waals surface area contributed by atoms with Gasteiger partial charge in [0.05, 0.1) is 6.26 Å². The van der Waals surface area contributed by atoms with Gasteiger partial charge in [-0.05, 0) is 37.3 Å². The molecule has 0 bridgehead atoms. The quantitative estimate of drug-likeness (QED) is 0.609. The highest BCUT2D eigenvalue weighted by Gasteiger charge is 2.14. The van der Waals surface area contributed by atoms with Crippen molar-refractivity contribution in [3.63, 3.8) is 0 Å². The SMILES string of the molecule is Cc1oc(-c2ccco2)nc1COc1cccc2[nH]ccc12. The average molecular weight is 294 g/mol. The van der Waals surface area contributed by atoms with E-state index >= 15 is 0 Å². The van der Waals surface area contributed by atoms with E-state index in [-0.39, 0.29) is 0 Å². The van der Waals surface area contributed by atoms with E-state index in [1.54, 1.807) is 12.3 Å². The van der Waals surface area contributed by atoms with Crippen molar-refractivity contribution >= 4 is 10.9 Å². The van der Waals surface area contributed by atoms with Gasteiger partial charge in [-0.2, -0.15) is 0 Å². The van der Waals surface area contributed by atoms with Crippen LogP contribution in [0.1, 0.15) is 11.5 Å². The molecule has 0 saturated heterocycles. The Bertz CT molecular complexity index is 903. The second-order valence-electron chi connectivity index (χ2n) is 4.98. The summed E-state index contributed by atoms with van der Waals surface area (Å²) < 4.78 is 16.8. The van der Waals surface area contributed by atoms with E-state index in [4.69, 9.17) is 13.6 Å². The number of aromatic nitrogens is 2. The molecule has 5 heteroatoms. The molecule has 4 aromatic rings. The van der Waals surface area contributed by atoms with Gasteiger partial charge in [-0.25, -0.2) is 4.98 Å². The normalized spacial score (nSPS) is 11.1. The Balaban J connectivity index is 1.58. The molecule has 3 heterocycles. The Morgan fingerprint density at radius 2 is 2.14 bits per heavy atom. The summed E-state index contributed by atoms with van der Waals surface area (Å²) in [6, 6.07) is 11.5. The van der Waals surface area contributed by atoms with Crippen molar-refractivity contribution in [2.75, 3.05) is 0 Å². The first-order valence-electron chi connectivity index (χ1n) is 7.00. The fraction of sp³-hybridized carbons (Fsp3) is 0.118. The summed E-state index contributed by atoms with van der Waals surface area (Å²) in [4.78, 5) is 7.61. The number of hydrogen-bond donors (Lipinski definition) is 1. The minimum Gasteiger partial charge on any atom is -0.486 e. The van der Waals surface area contributed by atoms with Crippen molar-refractivity contribution in [3.05, 3.63) is 60.3 Å². The molecular weight excluding hydrogens is 280 g/mol. The number of H-pyrrole nitrogens is 1. The first-order valence-corrected chi connectivity index (χ1v) is 7.00. The number of fused-ring (bicyclic) bond motifs is 1. The maximum absolute atomic E-state index is 5.90. The van der Waals surface area contributed by atoms with Crippen molar-refractivity contribution in [3.8, 4) is 17.4 Å². The molecule has 0 aliphatic carbocycles. The van der Waals surface area contributed by atoms with Gasteiger partial charge in [0.2, 0.25) is 0 Å². The van der Waals surface area contributed by atoms with Crippen LogP contribution in [0.15, 0.2) is 57.7 Å². The van der Waals surface area contributed by atoms with Crippen LogP contribution in [0.25, 0.3) is 22.6 Å². The van der Waals surface area contributed by atoms with Crippen LogP contribution >= 0.6 is 0 Å². The highest BCUT2D eigenvalue weighted by Crippen LogP contribution is 2.27. The molecule has 0 radical (unpaired) electrons. The zero-order chi connectivity index (χ0) is 14.9. The molecule has 0 aliphatic heterocycles. The van der Waals surface area contributed by atoms with Crippen LogP contribution in [0.5, 0.6) is 5.75 Å². The third-order valence-corrected chi connectivity index (χ3v) is 3.54. The monoisotopic (exact) mass is 294 g/mol. The first kappa shape index (κ1) is 12.8. The second-order valence-corrected chi connectivity index (χ2v) is 4.98. The van der Waals surface area contributed by atoms with E-state index < -0.39 is 0 Å². The lowest BCUT2D eigenvalue weighted by atomic mass is 10.2. The van der Waals surface area contributed by atoms with Crippen LogP contribution in [0.2, 0.25) is 0 Å². The van der Waals surface area contributed by atoms with Crippen molar-refractivity contribution in [1.82, 2.24) is 9.97 Å². The summed E-state index contributed by atoms with van der Waals surface area (Å²) in [5.74, 6) is 2.64. The molecule has 22 heavy (non-hydrogen) atoms. The molecular formula is C17H14N2O3. The maximum atomic E-state index is 5.90. The van der Waals surface area contributed by atoms with Gasteiger partial charge in [-0.3, -0.25) is 0 Å². The van der Waals surface area contributed by atoms with E-state index in [1.807, 2.05) is 43.5 Å². The third kappa shape index (κ3) is 2.16. The van der Waals surface area contributed by atoms with Gasteiger partial charge < -0.3 is 18.6 Å². The molecule has 0 spiro atoms. The molecule has 0 aliphatic rings. The number of benzene rings is 1. The second kappa shape index (κ2) is 5.11. The van der Waals surface area contributed by atoms with E-state index in [9.17, 15) is 0 Å². The zero-order valence-corrected chi connectivity index (χ0v) is 12.0. The molecule has 0 amide bonds. The summed E-state index contributed by atoms with van der Waals surface area (Å²) in [6.07, 6.45) is 3.49. The molecule has 3 aromatic heterocycles. The molecule has 110 valence electrons. The number of oxazole rings is 1. The van der Waals surface area contributed by atoms with Gasteiger partial charge in [0, 0.05) is 17.1 Å². The van der Waals surface area contributed by atoms with Gasteiger partial charge in [-0.1, -0.05) is 6.07 Å². The molecule has 0 saturated carbocycles. The number of nitrogens with zero attached hydrogens (tertiary/aromatic N) is 1. The topological polar surface area (TPSA) is 64.2 Å². The van der Waals surface area contributed by atoms with Crippen molar-refractivity contribution in [1.29, 1.82) is 0 Å². The van der Waals surface area contributed by atoms with Crippen LogP contribution in [-0.2, 0) is 6.61 Å². The molecule has 1 aromatic carbocycles. The third-order valence-electron chi connectivity index (χ3n) is 3.54. The molecule has 1 N–H and O–H groups in total. The van der Waals surface area contributed by atoms with Crippen molar-refractivity contribution in [2.24, 2.45) is 0 Å². The minimum atomic E-state index is 0.348. The molecule has 4 rings (SSSR count). The van der Waals surface area contributed by atoms with Crippen LogP contribution in [0, 0.1) is 6.92 Å². The van der Waals surface area contributed by atoms with Crippen LogP contribution in [0.3, 0.4) is 0 Å². The highest BCUT2D eigenvalue weighted by atomic mass is 16.5. The summed E-state index contributed by atoms with van der Waals surface area (Å²) in [5.41, 5.74) is 1.81. The number of ether oxygens (including phenoxy) is 1. The predicted molar refractivity (Wildman–Crippen MR) is 81.6 cm³/mol. The average Bonchev–Trinajstić information content (AvgIpc) is 3.25. The Labute approximate surface area is 126 Å². The Hall–Kier alpha value is -2.95. The Morgan fingerprint density at radius 1 is 1.18 bits per heavy atom. The molecule has 0 unspecified atom stereocenters. The van der Waals surface area contributed by atoms with E-state index in [1.165, 1.54) is 0 Å². The van der Waals surface area contributed by atoms with E-state index in [0.29, 0.717) is 18.3 Å². The first-order chi connectivity index (χ1) is 10.8. The lowest BCUT2D eigenvalue weighted by Crippen LogP contribution is -1.97. The van der Waals surface area contributed by atoms with Gasteiger partial charge >= 0.3 is 0 Å². The lowest BCUT2D eigenvalue weighted by molar-refractivity contribution is 0.303. The number of hydrogen-bond acceptors (Lipinski definition) is 4. The van der Waals surface area contributed by atoms with Gasteiger partial charge in [0.1, 0.15) is 23.8 Å². The molecule has 5 nitrogen and oxygen atoms in total. The Kier molecular flexibility index (Phi) is 2.96. The summed E-state index contributed by atoms with van der Waals surface area (Å²) in [7, 11) is 0. The number of furan rings is 1. The largest absolute Gasteiger partial charge is 0.486 e. The number of rotatable bonds is 4. The van der Waals surface area contributed by atoms with E-state index in [0.717, 1.165) is 28.1 Å². The smallest absolute Gasteiger partial charge is 0.263 e. The number of nitrogens with one attached hydrogen (secondary N) is 1. The van der Waals surface area contributed by atoms with Crippen LogP contribution < -0.4 is 4.74 Å². The highest BCUT2D eigenvalue weighted by molar-refractivity contribution is 5.85. The zero-order valence-electron chi connectivity index (χ0n) is 12.0. The van der Waals surface area contributed by atoms with Gasteiger partial charge in [0.15, 0.2) is 5.76 Å². The van der Waals surface area contributed by atoms with Crippen molar-refractivity contribution in [2.45, 2.75) is 13.5 Å². The predicted octanol–water partition coefficient (Wildman–Crippen LogP) is 4.30. The molecule has 0 fully saturated rings. The fourth-order valence-electron chi connectivity index (χ4n) is 2.40. The van der Waals surface area contributed by atoms with Crippen LogP contribution in [-0.4, -0.2) is 9.97 Å². The van der Waals surface area contributed by atoms with Gasteiger partial charge in [0.25, 0.3) is 5.89 Å². The molecule has 0 atom stereocenters. The summed E-state index contributed by atoms with van der Waals surface area (Å²) in [6.45, 7) is 2.22.